The molecule has 0 saturated carbocycles. The van der Waals surface area contributed by atoms with Crippen LogP contribution in [0, 0.1) is 10.1 Å². The molecule has 0 fully saturated rings. The fourth-order valence-corrected chi connectivity index (χ4v) is 3.10. The number of hydrogen-bond acceptors (Lipinski definition) is 2. The molecule has 0 atom stereocenters. The Kier molecular flexibility index (Phi) is 3.51. The summed E-state index contributed by atoms with van der Waals surface area (Å²) in [6, 6.07) is 7.02. The Morgan fingerprint density at radius 3 is 2.75 bits per heavy atom. The Labute approximate surface area is 81.0 Å². The van der Waals surface area contributed by atoms with E-state index in [9.17, 15) is 10.1 Å². The van der Waals surface area contributed by atoms with Gasteiger partial charge in [0, 0.05) is 0 Å². The average molecular weight is 279 g/mol. The van der Waals surface area contributed by atoms with Crippen LogP contribution in [0.4, 0.5) is 5.69 Å². The van der Waals surface area contributed by atoms with Crippen LogP contribution in [0.1, 0.15) is 6.92 Å². The monoisotopic (exact) mass is 281 g/mol. The fraction of sp³-hybridized carbons (Fsp3) is 0.250. The topological polar surface area (TPSA) is 43.1 Å². The zero-order chi connectivity index (χ0) is 8.97. The van der Waals surface area contributed by atoms with Crippen molar-refractivity contribution in [2.24, 2.45) is 0 Å². The van der Waals surface area contributed by atoms with Crippen LogP contribution in [-0.2, 0) is 0 Å². The number of nitro groups is 1. The summed E-state index contributed by atoms with van der Waals surface area (Å²) >= 11 is -0.338. The first-order valence-corrected chi connectivity index (χ1v) is 6.43. The third-order valence-corrected chi connectivity index (χ3v) is 4.06. The zero-order valence-electron chi connectivity index (χ0n) is 6.69. The maximum absolute atomic E-state index is 10.5. The molecule has 12 heavy (non-hydrogen) atoms. The van der Waals surface area contributed by atoms with E-state index in [1.54, 1.807) is 12.1 Å². The van der Waals surface area contributed by atoms with Crippen LogP contribution in [-0.4, -0.2) is 25.8 Å². The van der Waals surface area contributed by atoms with Crippen molar-refractivity contribution in [3.63, 3.8) is 0 Å². The molecule has 1 rings (SSSR count). The standard InChI is InChI=1S/C8H9NO2Te/c1-2-12-8-6-4-3-5-7(8)9(10)11/h3-6H,2H2,1H3. The van der Waals surface area contributed by atoms with Crippen molar-refractivity contribution in [2.45, 2.75) is 11.4 Å². The molecule has 0 amide bonds. The second kappa shape index (κ2) is 4.44. The number of nitrogens with zero attached hydrogens (tertiary/aromatic N) is 1. The Bertz CT molecular complexity index is 288. The molecule has 0 N–H and O–H groups in total. The Morgan fingerprint density at radius 1 is 1.50 bits per heavy atom. The van der Waals surface area contributed by atoms with Crippen molar-refractivity contribution >= 4 is 30.2 Å². The summed E-state index contributed by atoms with van der Waals surface area (Å²) in [7, 11) is 0. The second-order valence-corrected chi connectivity index (χ2v) is 5.88. The van der Waals surface area contributed by atoms with Crippen LogP contribution in [0.25, 0.3) is 0 Å². The molecule has 0 bridgehead atoms. The predicted molar refractivity (Wildman–Crippen MR) is 49.0 cm³/mol. The van der Waals surface area contributed by atoms with Gasteiger partial charge < -0.3 is 0 Å². The molecule has 0 heterocycles. The van der Waals surface area contributed by atoms with Gasteiger partial charge in [0.25, 0.3) is 0 Å². The number of nitro benzene ring substituents is 1. The summed E-state index contributed by atoms with van der Waals surface area (Å²) < 4.78 is 2.02. The minimum atomic E-state index is -0.338. The number of rotatable bonds is 3. The van der Waals surface area contributed by atoms with Crippen LogP contribution in [0.5, 0.6) is 0 Å². The van der Waals surface area contributed by atoms with Crippen LogP contribution in [0.2, 0.25) is 4.47 Å². The van der Waals surface area contributed by atoms with Crippen molar-refractivity contribution in [1.82, 2.24) is 0 Å². The third kappa shape index (κ3) is 2.20. The van der Waals surface area contributed by atoms with Gasteiger partial charge in [0.05, 0.1) is 0 Å². The van der Waals surface area contributed by atoms with Crippen LogP contribution < -0.4 is 3.61 Å². The summed E-state index contributed by atoms with van der Waals surface area (Å²) in [5, 5.41) is 10.5. The molecule has 3 nitrogen and oxygen atoms in total. The van der Waals surface area contributed by atoms with Gasteiger partial charge >= 0.3 is 80.9 Å². The van der Waals surface area contributed by atoms with Gasteiger partial charge in [-0.05, 0) is 0 Å². The summed E-state index contributed by atoms with van der Waals surface area (Å²) in [6.07, 6.45) is 0. The minimum absolute atomic E-state index is 0.293. The molecule has 0 radical (unpaired) electrons. The van der Waals surface area contributed by atoms with Crippen LogP contribution in [0.3, 0.4) is 0 Å². The molecule has 0 aliphatic rings. The van der Waals surface area contributed by atoms with E-state index in [-0.39, 0.29) is 25.8 Å². The molecule has 0 saturated heterocycles. The molecule has 0 unspecified atom stereocenters. The second-order valence-electron chi connectivity index (χ2n) is 2.16. The quantitative estimate of drug-likeness (QED) is 0.476. The van der Waals surface area contributed by atoms with E-state index in [0.717, 1.165) is 8.08 Å². The predicted octanol–water partition coefficient (Wildman–Crippen LogP) is 1.36. The Morgan fingerprint density at radius 2 is 2.17 bits per heavy atom. The van der Waals surface area contributed by atoms with Crippen LogP contribution >= 0.6 is 0 Å². The number of hydrogen-bond donors (Lipinski definition) is 0. The van der Waals surface area contributed by atoms with Crippen molar-refractivity contribution in [3.05, 3.63) is 34.4 Å². The van der Waals surface area contributed by atoms with Gasteiger partial charge in [0.2, 0.25) is 0 Å². The molecule has 0 aliphatic carbocycles. The van der Waals surface area contributed by atoms with Crippen molar-refractivity contribution in [2.75, 3.05) is 0 Å². The van der Waals surface area contributed by atoms with E-state index in [0.29, 0.717) is 5.69 Å². The zero-order valence-corrected chi connectivity index (χ0v) is 9.02. The van der Waals surface area contributed by atoms with Crippen LogP contribution in [0.15, 0.2) is 24.3 Å². The van der Waals surface area contributed by atoms with E-state index >= 15 is 0 Å². The molecule has 0 aliphatic heterocycles. The normalized spacial score (nSPS) is 9.75. The van der Waals surface area contributed by atoms with Crippen molar-refractivity contribution in [3.8, 4) is 0 Å². The van der Waals surface area contributed by atoms with E-state index in [4.69, 9.17) is 0 Å². The number of benzene rings is 1. The van der Waals surface area contributed by atoms with Gasteiger partial charge in [-0.2, -0.15) is 0 Å². The molecule has 0 spiro atoms. The van der Waals surface area contributed by atoms with E-state index in [2.05, 4.69) is 6.92 Å². The van der Waals surface area contributed by atoms with E-state index < -0.39 is 0 Å². The van der Waals surface area contributed by atoms with Gasteiger partial charge in [0.15, 0.2) is 0 Å². The van der Waals surface area contributed by atoms with Gasteiger partial charge in [-0.25, -0.2) is 0 Å². The third-order valence-electron chi connectivity index (χ3n) is 1.36. The van der Waals surface area contributed by atoms with Crippen molar-refractivity contribution < 1.29 is 4.92 Å². The van der Waals surface area contributed by atoms with E-state index in [1.165, 1.54) is 0 Å². The SMILES string of the molecule is CC[Te]c1ccccc1[N+](=O)[O-]. The van der Waals surface area contributed by atoms with E-state index in [1.807, 2.05) is 12.1 Å². The van der Waals surface area contributed by atoms with Gasteiger partial charge in [-0.3, -0.25) is 0 Å². The average Bonchev–Trinajstić information content (AvgIpc) is 2.05. The molecular formula is C8H9NO2Te. The molecule has 1 aromatic carbocycles. The molecule has 4 heteroatoms. The molecular weight excluding hydrogens is 270 g/mol. The first-order valence-electron chi connectivity index (χ1n) is 3.62. The van der Waals surface area contributed by atoms with Gasteiger partial charge in [0.1, 0.15) is 0 Å². The van der Waals surface area contributed by atoms with Gasteiger partial charge in [-0.15, -0.1) is 0 Å². The molecule has 1 aromatic rings. The first kappa shape index (κ1) is 9.50. The van der Waals surface area contributed by atoms with Gasteiger partial charge in [-0.1, -0.05) is 0 Å². The first-order chi connectivity index (χ1) is 5.75. The fourth-order valence-electron chi connectivity index (χ4n) is 0.886. The molecule has 0 aromatic heterocycles. The summed E-state index contributed by atoms with van der Waals surface area (Å²) in [6.45, 7) is 2.07. The van der Waals surface area contributed by atoms with Crippen molar-refractivity contribution in [1.29, 1.82) is 0 Å². The summed E-state index contributed by atoms with van der Waals surface area (Å²) in [4.78, 5) is 10.2. The number of para-hydroxylation sites is 1. The molecule has 64 valence electrons. The Hall–Kier alpha value is -0.590. The Balaban J connectivity index is 3.00. The summed E-state index contributed by atoms with van der Waals surface area (Å²) in [5.41, 5.74) is 0.293. The maximum atomic E-state index is 10.5. The summed E-state index contributed by atoms with van der Waals surface area (Å²) in [5.74, 6) is 0.